The summed E-state index contributed by atoms with van der Waals surface area (Å²) in [5.74, 6) is -2.67. The van der Waals surface area contributed by atoms with E-state index in [1.54, 1.807) is 39.0 Å². The van der Waals surface area contributed by atoms with E-state index in [0.717, 1.165) is 36.0 Å². The van der Waals surface area contributed by atoms with Crippen LogP contribution in [0.3, 0.4) is 0 Å². The van der Waals surface area contributed by atoms with Crippen molar-refractivity contribution in [2.75, 3.05) is 13.2 Å². The quantitative estimate of drug-likeness (QED) is 0.146. The van der Waals surface area contributed by atoms with E-state index in [9.17, 15) is 24.3 Å². The second-order valence-corrected chi connectivity index (χ2v) is 17.8. The molecule has 8 atom stereocenters. The van der Waals surface area contributed by atoms with E-state index in [1.165, 1.54) is 4.90 Å². The van der Waals surface area contributed by atoms with E-state index < -0.39 is 59.6 Å². The standard InChI is InChI=1S/C49H56N2O10/c1-48(2,3)60-43(53)25-23-37(30-52)50-45(54)38-15-10-26-51(38)46(55)34-28-41(58-47(56)33-21-18-31(19-22-33)16-17-32-20-24-39-40(27-32)57-39)44-42(29-34)59-49(61-44,35-11-6-4-7-12-35)36-13-8-5-9-14-36/h4-9,11-14,16-19,21-22,29,32,37-42,44,52H,10,15,20,23-28,30H2,1-3H3,(H,50,54)/t32?,37-,38+,39?,40?,41+,42+,44-/m0/s1. The molecule has 0 aromatic heterocycles. The van der Waals surface area contributed by atoms with Gasteiger partial charge in [-0.1, -0.05) is 84.9 Å². The number of likely N-dealkylation sites (tertiary alicyclic amines) is 1. The van der Waals surface area contributed by atoms with Crippen LogP contribution >= 0.6 is 0 Å². The van der Waals surface area contributed by atoms with Gasteiger partial charge in [0.2, 0.25) is 17.6 Å². The Labute approximate surface area is 357 Å². The predicted molar refractivity (Wildman–Crippen MR) is 226 cm³/mol. The predicted octanol–water partition coefficient (Wildman–Crippen LogP) is 6.40. The first-order valence-electron chi connectivity index (χ1n) is 21.7. The molecule has 12 nitrogen and oxygen atoms in total. The van der Waals surface area contributed by atoms with Gasteiger partial charge in [-0.25, -0.2) is 4.79 Å². The van der Waals surface area contributed by atoms with Crippen LogP contribution in [-0.4, -0.2) is 95.1 Å². The number of amides is 2. The molecule has 61 heavy (non-hydrogen) atoms. The van der Waals surface area contributed by atoms with Crippen LogP contribution in [-0.2, 0) is 43.9 Å². The summed E-state index contributed by atoms with van der Waals surface area (Å²) in [7, 11) is 0. The molecule has 4 fully saturated rings. The van der Waals surface area contributed by atoms with Crippen LogP contribution in [0.15, 0.2) is 103 Å². The van der Waals surface area contributed by atoms with Crippen molar-refractivity contribution in [1.29, 1.82) is 0 Å². The number of hydrogen-bond acceptors (Lipinski definition) is 10. The fraction of sp³-hybridized carbons (Fsp3) is 0.469. The summed E-state index contributed by atoms with van der Waals surface area (Å²) in [6, 6.07) is 24.9. The molecule has 8 rings (SSSR count). The lowest BCUT2D eigenvalue weighted by atomic mass is 9.89. The number of aliphatic hydroxyl groups excluding tert-OH is 1. The summed E-state index contributed by atoms with van der Waals surface area (Å²) < 4.78 is 31.2. The topological polar surface area (TPSA) is 153 Å². The molecular formula is C49H56N2O10. The first-order valence-corrected chi connectivity index (χ1v) is 21.7. The molecular weight excluding hydrogens is 777 g/mol. The lowest BCUT2D eigenvalue weighted by Crippen LogP contribution is -2.51. The van der Waals surface area contributed by atoms with Gasteiger partial charge in [0.15, 0.2) is 0 Å². The molecule has 0 radical (unpaired) electrons. The SMILES string of the molecule is CC(C)(C)OC(=O)CC[C@@H](CO)NC(=O)[C@H]1CCCN1C(=O)C1=C[C@H]2OC(c3ccccc3)(c3ccccc3)O[C@H]2[C@H](OC(=O)c2ccc(C=CC3CCC4OC4C3)cc2)C1. The number of allylic oxidation sites excluding steroid dienone is 1. The first-order chi connectivity index (χ1) is 29.4. The van der Waals surface area contributed by atoms with Gasteiger partial charge in [-0.2, -0.15) is 0 Å². The molecule has 3 aliphatic heterocycles. The van der Waals surface area contributed by atoms with Crippen LogP contribution in [0.2, 0.25) is 0 Å². The zero-order valence-corrected chi connectivity index (χ0v) is 35.1. The smallest absolute Gasteiger partial charge is 0.338 e. The van der Waals surface area contributed by atoms with Crippen molar-refractivity contribution in [2.45, 2.75) is 126 Å². The summed E-state index contributed by atoms with van der Waals surface area (Å²) in [5.41, 5.74) is 2.51. The van der Waals surface area contributed by atoms with Gasteiger partial charge < -0.3 is 39.0 Å². The Morgan fingerprint density at radius 1 is 0.918 bits per heavy atom. The van der Waals surface area contributed by atoms with Crippen LogP contribution in [0.25, 0.3) is 6.08 Å². The maximum atomic E-state index is 14.6. The zero-order chi connectivity index (χ0) is 42.7. The molecule has 5 aliphatic rings. The van der Waals surface area contributed by atoms with Crippen LogP contribution in [0.1, 0.15) is 99.2 Å². The molecule has 2 amide bonds. The molecule has 3 aromatic carbocycles. The largest absolute Gasteiger partial charge is 0.460 e. The van der Waals surface area contributed by atoms with Crippen molar-refractivity contribution in [3.8, 4) is 0 Å². The Bertz CT molecular complexity index is 2070. The molecule has 3 heterocycles. The average Bonchev–Trinajstić information content (AvgIpc) is 3.65. The molecule has 3 unspecified atom stereocenters. The van der Waals surface area contributed by atoms with Crippen molar-refractivity contribution >= 4 is 29.8 Å². The van der Waals surface area contributed by atoms with Crippen LogP contribution in [0, 0.1) is 5.92 Å². The van der Waals surface area contributed by atoms with E-state index >= 15 is 0 Å². The Kier molecular flexibility index (Phi) is 12.6. The number of carbonyl (C=O) groups is 4. The van der Waals surface area contributed by atoms with Crippen molar-refractivity contribution < 1.29 is 48.0 Å². The maximum Gasteiger partial charge on any atom is 0.338 e. The number of nitrogens with zero attached hydrogens (tertiary/aromatic N) is 1. The molecule has 2 aliphatic carbocycles. The lowest BCUT2D eigenvalue weighted by Gasteiger charge is -2.33. The Morgan fingerprint density at radius 2 is 1.62 bits per heavy atom. The minimum absolute atomic E-state index is 0.0135. The van der Waals surface area contributed by atoms with Gasteiger partial charge in [0.05, 0.1) is 30.4 Å². The first kappa shape index (κ1) is 42.5. The number of benzene rings is 3. The van der Waals surface area contributed by atoms with Gasteiger partial charge in [0.25, 0.3) is 0 Å². The highest BCUT2D eigenvalue weighted by Crippen LogP contribution is 2.47. The number of rotatable bonds is 13. The summed E-state index contributed by atoms with van der Waals surface area (Å²) in [5, 5.41) is 12.9. The third-order valence-corrected chi connectivity index (χ3v) is 12.2. The summed E-state index contributed by atoms with van der Waals surface area (Å²) in [4.78, 5) is 56.1. The highest BCUT2D eigenvalue weighted by atomic mass is 16.8. The fourth-order valence-corrected chi connectivity index (χ4v) is 9.03. The fourth-order valence-electron chi connectivity index (χ4n) is 9.03. The Morgan fingerprint density at radius 3 is 2.28 bits per heavy atom. The van der Waals surface area contributed by atoms with Crippen LogP contribution in [0.5, 0.6) is 0 Å². The van der Waals surface area contributed by atoms with E-state index in [0.29, 0.717) is 48.6 Å². The van der Waals surface area contributed by atoms with E-state index in [2.05, 4.69) is 17.5 Å². The summed E-state index contributed by atoms with van der Waals surface area (Å²) in [6.07, 6.45) is 8.92. The highest BCUT2D eigenvalue weighted by molar-refractivity contribution is 5.98. The minimum atomic E-state index is -1.37. The van der Waals surface area contributed by atoms with Gasteiger partial charge >= 0.3 is 11.9 Å². The number of ether oxygens (including phenoxy) is 5. The molecule has 1 saturated carbocycles. The number of carbonyl (C=O) groups excluding carboxylic acids is 4. The number of esters is 2. The number of epoxide rings is 1. The van der Waals surface area contributed by atoms with Crippen molar-refractivity contribution in [3.05, 3.63) is 125 Å². The minimum Gasteiger partial charge on any atom is -0.460 e. The van der Waals surface area contributed by atoms with Gasteiger partial charge in [-0.05, 0) is 89.0 Å². The normalized spacial score (nSPS) is 27.0. The molecule has 3 saturated heterocycles. The maximum absolute atomic E-state index is 14.6. The number of aliphatic hydroxyl groups is 1. The monoisotopic (exact) mass is 832 g/mol. The number of hydrogen-bond donors (Lipinski definition) is 2. The second-order valence-electron chi connectivity index (χ2n) is 17.8. The van der Waals surface area contributed by atoms with Crippen LogP contribution < -0.4 is 5.32 Å². The van der Waals surface area contributed by atoms with E-state index in [-0.39, 0.29) is 31.8 Å². The van der Waals surface area contributed by atoms with E-state index in [4.69, 9.17) is 23.7 Å². The summed E-state index contributed by atoms with van der Waals surface area (Å²) in [6.45, 7) is 5.28. The van der Waals surface area contributed by atoms with E-state index in [1.807, 2.05) is 72.8 Å². The zero-order valence-electron chi connectivity index (χ0n) is 35.1. The molecule has 322 valence electrons. The van der Waals surface area contributed by atoms with Crippen molar-refractivity contribution in [1.82, 2.24) is 10.2 Å². The highest BCUT2D eigenvalue weighted by Gasteiger charge is 2.55. The molecule has 3 aromatic rings. The van der Waals surface area contributed by atoms with Crippen molar-refractivity contribution in [3.63, 3.8) is 0 Å². The third-order valence-electron chi connectivity index (χ3n) is 12.2. The van der Waals surface area contributed by atoms with Gasteiger partial charge in [-0.15, -0.1) is 0 Å². The molecule has 0 spiro atoms. The Hall–Kier alpha value is -5.14. The van der Waals surface area contributed by atoms with Gasteiger partial charge in [0, 0.05) is 36.1 Å². The molecule has 2 N–H and O–H groups in total. The lowest BCUT2D eigenvalue weighted by molar-refractivity contribution is -0.157. The van der Waals surface area contributed by atoms with Crippen molar-refractivity contribution in [2.24, 2.45) is 5.92 Å². The summed E-state index contributed by atoms with van der Waals surface area (Å²) >= 11 is 0. The molecule has 0 bridgehead atoms. The Balaban J connectivity index is 1.01. The van der Waals surface area contributed by atoms with Gasteiger partial charge in [0.1, 0.15) is 30.0 Å². The molecule has 12 heteroatoms. The number of nitrogens with one attached hydrogen (secondary N) is 1. The average molecular weight is 833 g/mol. The second kappa shape index (κ2) is 18.1. The number of fused-ring (bicyclic) bond motifs is 2. The van der Waals surface area contributed by atoms with Gasteiger partial charge in [-0.3, -0.25) is 14.4 Å². The van der Waals surface area contributed by atoms with Crippen LogP contribution in [0.4, 0.5) is 0 Å². The third kappa shape index (κ3) is 9.83.